The first-order chi connectivity index (χ1) is 20.0. The number of rotatable bonds is 10. The van der Waals surface area contributed by atoms with E-state index < -0.39 is 38.7 Å². The van der Waals surface area contributed by atoms with Crippen molar-refractivity contribution in [3.05, 3.63) is 81.5 Å². The number of esters is 2. The highest BCUT2D eigenvalue weighted by atomic mass is 32.2. The number of piperazine rings is 1. The van der Waals surface area contributed by atoms with Gasteiger partial charge in [-0.1, -0.05) is 30.3 Å². The Balaban J connectivity index is 1.46. The van der Waals surface area contributed by atoms with Crippen LogP contribution in [0.25, 0.3) is 0 Å². The molecule has 0 aliphatic carbocycles. The van der Waals surface area contributed by atoms with Crippen molar-refractivity contribution in [1.29, 1.82) is 0 Å². The van der Waals surface area contributed by atoms with Crippen LogP contribution in [-0.2, 0) is 29.1 Å². The van der Waals surface area contributed by atoms with E-state index in [-0.39, 0.29) is 29.4 Å². The molecule has 2 aliphatic rings. The SMILES string of the molecule is CCOC(=O)C1C(C)=NC(C)=C(C(=O)OCCN2CCN(S(=O)(=O)c3ccccc3)CC2)C1c1cccc([N+](=O)[O-])c1. The van der Waals surface area contributed by atoms with Gasteiger partial charge in [0.2, 0.25) is 10.0 Å². The lowest BCUT2D eigenvalue weighted by molar-refractivity contribution is -0.384. The number of nitro groups is 1. The number of carbonyl (C=O) groups excluding carboxylic acids is 2. The predicted octanol–water partition coefficient (Wildman–Crippen LogP) is 3.16. The molecule has 2 aromatic rings. The molecule has 42 heavy (non-hydrogen) atoms. The van der Waals surface area contributed by atoms with Gasteiger partial charge in [-0.3, -0.25) is 24.8 Å². The first kappa shape index (κ1) is 31.0. The molecule has 1 fully saturated rings. The van der Waals surface area contributed by atoms with Gasteiger partial charge in [0.1, 0.15) is 12.5 Å². The van der Waals surface area contributed by atoms with Gasteiger partial charge in [0.25, 0.3) is 5.69 Å². The van der Waals surface area contributed by atoms with Crippen LogP contribution in [0.5, 0.6) is 0 Å². The summed E-state index contributed by atoms with van der Waals surface area (Å²) in [5.74, 6) is -3.12. The number of carbonyl (C=O) groups is 2. The molecule has 4 rings (SSSR count). The molecule has 2 aliphatic heterocycles. The van der Waals surface area contributed by atoms with Crippen LogP contribution in [0.3, 0.4) is 0 Å². The van der Waals surface area contributed by atoms with E-state index in [9.17, 15) is 28.1 Å². The zero-order chi connectivity index (χ0) is 30.4. The summed E-state index contributed by atoms with van der Waals surface area (Å²) in [6.07, 6.45) is 0. The highest BCUT2D eigenvalue weighted by molar-refractivity contribution is 7.89. The average molecular weight is 599 g/mol. The van der Waals surface area contributed by atoms with Crippen LogP contribution >= 0.6 is 0 Å². The number of nitrogens with zero attached hydrogens (tertiary/aromatic N) is 4. The van der Waals surface area contributed by atoms with Gasteiger partial charge >= 0.3 is 11.9 Å². The standard InChI is InChI=1S/C29H34N4O8S/c1-4-40-28(34)25-20(2)30-21(3)26(27(25)22-9-8-10-23(19-22)33(36)37)29(35)41-18-17-31-13-15-32(16-14-31)42(38,39)24-11-6-5-7-12-24/h5-12,19,25,27H,4,13-18H2,1-3H3. The monoisotopic (exact) mass is 598 g/mol. The Morgan fingerprint density at radius 2 is 1.71 bits per heavy atom. The zero-order valence-electron chi connectivity index (χ0n) is 23.8. The minimum Gasteiger partial charge on any atom is -0.465 e. The maximum atomic E-state index is 13.5. The number of allylic oxidation sites excluding steroid dienone is 1. The molecule has 0 N–H and O–H groups in total. The van der Waals surface area contributed by atoms with Gasteiger partial charge in [-0.05, 0) is 38.5 Å². The number of hydrogen-bond acceptors (Lipinski definition) is 10. The van der Waals surface area contributed by atoms with E-state index in [1.165, 1.54) is 22.5 Å². The maximum absolute atomic E-state index is 13.5. The Labute approximate surface area is 244 Å². The second-order valence-corrected chi connectivity index (χ2v) is 11.9. The number of nitro benzene ring substituents is 1. The number of aliphatic imine (C=N–C) groups is 1. The molecule has 1 saturated heterocycles. The quantitative estimate of drug-likeness (QED) is 0.228. The number of ether oxygens (including phenoxy) is 2. The molecule has 224 valence electrons. The van der Waals surface area contributed by atoms with Crippen LogP contribution in [0.2, 0.25) is 0 Å². The third kappa shape index (κ3) is 6.75. The van der Waals surface area contributed by atoms with Gasteiger partial charge in [0, 0.05) is 62.2 Å². The van der Waals surface area contributed by atoms with E-state index in [4.69, 9.17) is 9.47 Å². The van der Waals surface area contributed by atoms with Crippen molar-refractivity contribution >= 4 is 33.4 Å². The maximum Gasteiger partial charge on any atom is 0.336 e. The molecular formula is C29H34N4O8S. The summed E-state index contributed by atoms with van der Waals surface area (Å²) in [4.78, 5) is 44.2. The third-order valence-corrected chi connectivity index (χ3v) is 9.29. The summed E-state index contributed by atoms with van der Waals surface area (Å²) in [6, 6.07) is 14.1. The van der Waals surface area contributed by atoms with Crippen LogP contribution in [0.4, 0.5) is 5.69 Å². The van der Waals surface area contributed by atoms with E-state index in [0.29, 0.717) is 49.7 Å². The minimum atomic E-state index is -3.58. The summed E-state index contributed by atoms with van der Waals surface area (Å²) in [6.45, 7) is 7.03. The molecule has 0 radical (unpaired) electrons. The summed E-state index contributed by atoms with van der Waals surface area (Å²) in [5.41, 5.74) is 1.15. The van der Waals surface area contributed by atoms with Crippen molar-refractivity contribution in [2.24, 2.45) is 10.9 Å². The van der Waals surface area contributed by atoms with E-state index in [1.54, 1.807) is 57.2 Å². The van der Waals surface area contributed by atoms with Crippen molar-refractivity contribution in [2.45, 2.75) is 31.6 Å². The predicted molar refractivity (Wildman–Crippen MR) is 154 cm³/mol. The highest BCUT2D eigenvalue weighted by Gasteiger charge is 2.43. The molecule has 2 heterocycles. The molecule has 13 heteroatoms. The van der Waals surface area contributed by atoms with Crippen LogP contribution < -0.4 is 0 Å². The normalized spacial score (nSPS) is 20.1. The van der Waals surface area contributed by atoms with Crippen molar-refractivity contribution in [1.82, 2.24) is 9.21 Å². The van der Waals surface area contributed by atoms with Crippen LogP contribution in [0, 0.1) is 16.0 Å². The van der Waals surface area contributed by atoms with E-state index in [0.717, 1.165) is 0 Å². The molecule has 2 aromatic carbocycles. The second-order valence-electron chi connectivity index (χ2n) is 10.0. The van der Waals surface area contributed by atoms with Gasteiger partial charge < -0.3 is 9.47 Å². The molecule has 0 aromatic heterocycles. The largest absolute Gasteiger partial charge is 0.465 e. The molecule has 0 spiro atoms. The highest BCUT2D eigenvalue weighted by Crippen LogP contribution is 2.41. The van der Waals surface area contributed by atoms with E-state index in [2.05, 4.69) is 4.99 Å². The van der Waals surface area contributed by atoms with Crippen LogP contribution in [0.15, 0.2) is 75.8 Å². The number of sulfonamides is 1. The fourth-order valence-corrected chi connectivity index (χ4v) is 6.75. The average Bonchev–Trinajstić information content (AvgIpc) is 2.97. The fraction of sp³-hybridized carbons (Fsp3) is 0.414. The van der Waals surface area contributed by atoms with Gasteiger partial charge in [0.05, 0.1) is 22.0 Å². The second kappa shape index (κ2) is 13.4. The van der Waals surface area contributed by atoms with Gasteiger partial charge in [0.15, 0.2) is 0 Å². The van der Waals surface area contributed by atoms with Gasteiger partial charge in [-0.25, -0.2) is 13.2 Å². The zero-order valence-corrected chi connectivity index (χ0v) is 24.6. The summed E-state index contributed by atoms with van der Waals surface area (Å²) >= 11 is 0. The van der Waals surface area contributed by atoms with Crippen molar-refractivity contribution in [2.75, 3.05) is 45.9 Å². The van der Waals surface area contributed by atoms with Gasteiger partial charge in [-0.2, -0.15) is 4.31 Å². The summed E-state index contributed by atoms with van der Waals surface area (Å²) in [5, 5.41) is 11.5. The molecule has 2 atom stereocenters. The molecular weight excluding hydrogens is 564 g/mol. The first-order valence-corrected chi connectivity index (χ1v) is 15.1. The Morgan fingerprint density at radius 3 is 2.36 bits per heavy atom. The smallest absolute Gasteiger partial charge is 0.336 e. The lowest BCUT2D eigenvalue weighted by Gasteiger charge is -2.34. The van der Waals surface area contributed by atoms with Crippen molar-refractivity contribution in [3.8, 4) is 0 Å². The van der Waals surface area contributed by atoms with E-state index >= 15 is 0 Å². The third-order valence-electron chi connectivity index (χ3n) is 7.38. The number of benzene rings is 2. The summed E-state index contributed by atoms with van der Waals surface area (Å²) in [7, 11) is -3.58. The minimum absolute atomic E-state index is 0.0233. The Morgan fingerprint density at radius 1 is 1.02 bits per heavy atom. The number of hydrogen-bond donors (Lipinski definition) is 0. The van der Waals surface area contributed by atoms with Crippen LogP contribution in [-0.4, -0.2) is 86.1 Å². The fourth-order valence-electron chi connectivity index (χ4n) is 5.31. The summed E-state index contributed by atoms with van der Waals surface area (Å²) < 4.78 is 38.2. The Bertz CT molecular complexity index is 1500. The molecule has 0 bridgehead atoms. The number of non-ortho nitro benzene ring substituents is 1. The van der Waals surface area contributed by atoms with Gasteiger partial charge in [-0.15, -0.1) is 0 Å². The molecule has 2 unspecified atom stereocenters. The van der Waals surface area contributed by atoms with Crippen molar-refractivity contribution in [3.63, 3.8) is 0 Å². The van der Waals surface area contributed by atoms with Crippen LogP contribution in [0.1, 0.15) is 32.3 Å². The topological polar surface area (TPSA) is 149 Å². The first-order valence-electron chi connectivity index (χ1n) is 13.7. The lowest BCUT2D eigenvalue weighted by atomic mass is 9.75. The Hall–Kier alpha value is -3.94. The Kier molecular flexibility index (Phi) is 9.86. The lowest BCUT2D eigenvalue weighted by Crippen LogP contribution is -2.49. The van der Waals surface area contributed by atoms with E-state index in [1.807, 2.05) is 4.90 Å². The van der Waals surface area contributed by atoms with Crippen molar-refractivity contribution < 1.29 is 32.4 Å². The molecule has 0 amide bonds. The molecule has 12 nitrogen and oxygen atoms in total. The molecule has 0 saturated carbocycles.